The average Bonchev–Trinajstić information content (AvgIpc) is 3.31. The van der Waals surface area contributed by atoms with E-state index in [4.69, 9.17) is 4.52 Å². The Labute approximate surface area is 131 Å². The third-order valence-electron chi connectivity index (χ3n) is 4.22. The summed E-state index contributed by atoms with van der Waals surface area (Å²) in [6.07, 6.45) is 7.01. The zero-order chi connectivity index (χ0) is 15.8. The standard InChI is InChI=1S/C17H15F2N3O/c18-13-3-4-14(22-7-1-2-8-22)15(16(13)19)12-10-21-23-17(12)11-5-6-20-9-11/h3-6,9-10,20H,1-2,7-8H2. The highest BCUT2D eigenvalue weighted by atomic mass is 19.2. The molecule has 0 aliphatic carbocycles. The van der Waals surface area contributed by atoms with E-state index in [1.807, 2.05) is 0 Å². The van der Waals surface area contributed by atoms with Crippen molar-refractivity contribution in [2.45, 2.75) is 12.8 Å². The molecule has 0 spiro atoms. The molecule has 3 heterocycles. The lowest BCUT2D eigenvalue weighted by atomic mass is 10.0. The summed E-state index contributed by atoms with van der Waals surface area (Å²) in [5.74, 6) is -1.31. The number of halogens is 2. The Kier molecular flexibility index (Phi) is 3.37. The fraction of sp³-hybridized carbons (Fsp3) is 0.235. The lowest BCUT2D eigenvalue weighted by molar-refractivity contribution is 0.432. The van der Waals surface area contributed by atoms with Crippen molar-refractivity contribution in [3.63, 3.8) is 0 Å². The molecule has 1 aliphatic heterocycles. The lowest BCUT2D eigenvalue weighted by Gasteiger charge is -2.21. The van der Waals surface area contributed by atoms with Crippen LogP contribution in [0.4, 0.5) is 14.5 Å². The Morgan fingerprint density at radius 3 is 2.70 bits per heavy atom. The average molecular weight is 315 g/mol. The zero-order valence-electron chi connectivity index (χ0n) is 12.4. The van der Waals surface area contributed by atoms with Gasteiger partial charge in [0, 0.05) is 42.3 Å². The van der Waals surface area contributed by atoms with E-state index in [0.29, 0.717) is 17.0 Å². The smallest absolute Gasteiger partial charge is 0.176 e. The predicted octanol–water partition coefficient (Wildman–Crippen LogP) is 4.22. The van der Waals surface area contributed by atoms with E-state index in [0.717, 1.165) is 31.5 Å². The summed E-state index contributed by atoms with van der Waals surface area (Å²) < 4.78 is 33.8. The first-order valence-corrected chi connectivity index (χ1v) is 7.57. The van der Waals surface area contributed by atoms with Crippen LogP contribution in [0.15, 0.2) is 41.3 Å². The minimum Gasteiger partial charge on any atom is -0.371 e. The summed E-state index contributed by atoms with van der Waals surface area (Å²) in [6.45, 7) is 1.67. The number of nitrogens with zero attached hydrogens (tertiary/aromatic N) is 2. The molecule has 0 atom stereocenters. The number of aromatic nitrogens is 2. The molecule has 1 saturated heterocycles. The fourth-order valence-corrected chi connectivity index (χ4v) is 3.11. The monoisotopic (exact) mass is 315 g/mol. The summed E-state index contributed by atoms with van der Waals surface area (Å²) >= 11 is 0. The number of benzene rings is 1. The van der Waals surface area contributed by atoms with Crippen LogP contribution in [-0.2, 0) is 0 Å². The maximum atomic E-state index is 14.6. The van der Waals surface area contributed by atoms with Gasteiger partial charge in [0.2, 0.25) is 0 Å². The Bertz CT molecular complexity index is 820. The van der Waals surface area contributed by atoms with E-state index in [-0.39, 0.29) is 5.56 Å². The van der Waals surface area contributed by atoms with Crippen molar-refractivity contribution in [2.75, 3.05) is 18.0 Å². The van der Waals surface area contributed by atoms with Gasteiger partial charge in [-0.1, -0.05) is 5.16 Å². The van der Waals surface area contributed by atoms with Crippen LogP contribution in [0.25, 0.3) is 22.5 Å². The van der Waals surface area contributed by atoms with Crippen LogP contribution in [-0.4, -0.2) is 23.2 Å². The largest absolute Gasteiger partial charge is 0.371 e. The molecule has 1 N–H and O–H groups in total. The van der Waals surface area contributed by atoms with Gasteiger partial charge in [-0.15, -0.1) is 0 Å². The highest BCUT2D eigenvalue weighted by Crippen LogP contribution is 2.40. The number of hydrogen-bond donors (Lipinski definition) is 1. The van der Waals surface area contributed by atoms with Crippen molar-refractivity contribution in [2.24, 2.45) is 0 Å². The van der Waals surface area contributed by atoms with E-state index < -0.39 is 11.6 Å². The summed E-state index contributed by atoms with van der Waals surface area (Å²) in [6, 6.07) is 4.61. The van der Waals surface area contributed by atoms with Crippen LogP contribution in [0.3, 0.4) is 0 Å². The minimum atomic E-state index is -0.871. The van der Waals surface area contributed by atoms with Gasteiger partial charge in [-0.25, -0.2) is 8.78 Å². The van der Waals surface area contributed by atoms with Crippen LogP contribution >= 0.6 is 0 Å². The SMILES string of the molecule is Fc1ccc(N2CCCC2)c(-c2cnoc2-c2cc[nH]c2)c1F. The van der Waals surface area contributed by atoms with Crippen molar-refractivity contribution < 1.29 is 13.3 Å². The van der Waals surface area contributed by atoms with Crippen LogP contribution in [0.1, 0.15) is 12.8 Å². The molecule has 118 valence electrons. The molecule has 6 heteroatoms. The molecule has 0 radical (unpaired) electrons. The van der Waals surface area contributed by atoms with Crippen LogP contribution < -0.4 is 4.90 Å². The van der Waals surface area contributed by atoms with Crippen molar-refractivity contribution in [3.8, 4) is 22.5 Å². The van der Waals surface area contributed by atoms with E-state index >= 15 is 0 Å². The maximum Gasteiger partial charge on any atom is 0.176 e. The van der Waals surface area contributed by atoms with Gasteiger partial charge in [-0.05, 0) is 31.0 Å². The number of nitrogens with one attached hydrogen (secondary N) is 1. The summed E-state index contributed by atoms with van der Waals surface area (Å²) in [4.78, 5) is 5.00. The molecule has 4 rings (SSSR count). The van der Waals surface area contributed by atoms with Gasteiger partial charge < -0.3 is 14.4 Å². The lowest BCUT2D eigenvalue weighted by Crippen LogP contribution is -2.19. The molecule has 1 fully saturated rings. The topological polar surface area (TPSA) is 45.1 Å². The number of anilines is 1. The first kappa shape index (κ1) is 14.0. The highest BCUT2D eigenvalue weighted by molar-refractivity contribution is 5.87. The number of aromatic amines is 1. The molecule has 0 saturated carbocycles. The minimum absolute atomic E-state index is 0.212. The molecular formula is C17H15F2N3O. The van der Waals surface area contributed by atoms with Crippen molar-refractivity contribution in [1.29, 1.82) is 0 Å². The van der Waals surface area contributed by atoms with Crippen LogP contribution in [0, 0.1) is 11.6 Å². The zero-order valence-corrected chi connectivity index (χ0v) is 12.4. The van der Waals surface area contributed by atoms with Gasteiger partial charge in [0.05, 0.1) is 11.8 Å². The van der Waals surface area contributed by atoms with Gasteiger partial charge >= 0.3 is 0 Å². The van der Waals surface area contributed by atoms with Gasteiger partial charge in [0.1, 0.15) is 0 Å². The Balaban J connectivity index is 1.92. The van der Waals surface area contributed by atoms with Crippen molar-refractivity contribution >= 4 is 5.69 Å². The molecule has 2 aromatic heterocycles. The van der Waals surface area contributed by atoms with Crippen LogP contribution in [0.2, 0.25) is 0 Å². The molecule has 0 amide bonds. The second-order valence-corrected chi connectivity index (χ2v) is 5.62. The second-order valence-electron chi connectivity index (χ2n) is 5.62. The number of rotatable bonds is 3. The third kappa shape index (κ3) is 2.30. The fourth-order valence-electron chi connectivity index (χ4n) is 3.11. The number of hydrogen-bond acceptors (Lipinski definition) is 3. The van der Waals surface area contributed by atoms with Gasteiger partial charge in [0.25, 0.3) is 0 Å². The molecule has 3 aromatic rings. The van der Waals surface area contributed by atoms with E-state index in [2.05, 4.69) is 15.0 Å². The van der Waals surface area contributed by atoms with Gasteiger partial charge in [0.15, 0.2) is 17.4 Å². The van der Waals surface area contributed by atoms with Gasteiger partial charge in [-0.2, -0.15) is 0 Å². The Morgan fingerprint density at radius 1 is 1.13 bits per heavy atom. The predicted molar refractivity (Wildman–Crippen MR) is 83.1 cm³/mol. The van der Waals surface area contributed by atoms with E-state index in [1.165, 1.54) is 12.3 Å². The number of H-pyrrole nitrogens is 1. The molecule has 0 unspecified atom stereocenters. The quantitative estimate of drug-likeness (QED) is 0.787. The second kappa shape index (κ2) is 5.53. The summed E-state index contributed by atoms with van der Waals surface area (Å²) in [5, 5.41) is 3.80. The van der Waals surface area contributed by atoms with E-state index in [1.54, 1.807) is 24.5 Å². The molecule has 0 bridgehead atoms. The van der Waals surface area contributed by atoms with Gasteiger partial charge in [-0.3, -0.25) is 0 Å². The molecule has 23 heavy (non-hydrogen) atoms. The van der Waals surface area contributed by atoms with E-state index in [9.17, 15) is 8.78 Å². The third-order valence-corrected chi connectivity index (χ3v) is 4.22. The Morgan fingerprint density at radius 2 is 1.96 bits per heavy atom. The Hall–Kier alpha value is -2.63. The maximum absolute atomic E-state index is 14.6. The first-order chi connectivity index (χ1) is 11.3. The summed E-state index contributed by atoms with van der Waals surface area (Å²) in [5.41, 5.74) is 2.10. The highest BCUT2D eigenvalue weighted by Gasteiger charge is 2.25. The summed E-state index contributed by atoms with van der Waals surface area (Å²) in [7, 11) is 0. The molecule has 1 aliphatic rings. The molecule has 4 nitrogen and oxygen atoms in total. The normalized spacial score (nSPS) is 14.6. The van der Waals surface area contributed by atoms with Crippen molar-refractivity contribution in [3.05, 3.63) is 48.4 Å². The molecule has 1 aromatic carbocycles. The molecular weight excluding hydrogens is 300 g/mol. The van der Waals surface area contributed by atoms with Crippen molar-refractivity contribution in [1.82, 2.24) is 10.1 Å². The van der Waals surface area contributed by atoms with Crippen LogP contribution in [0.5, 0.6) is 0 Å². The first-order valence-electron chi connectivity index (χ1n) is 7.57.